The smallest absolute Gasteiger partial charge is 0.162 e. The van der Waals surface area contributed by atoms with E-state index in [-0.39, 0.29) is 17.1 Å². The summed E-state index contributed by atoms with van der Waals surface area (Å²) in [5.74, 6) is 1.92. The number of carbonyl (C=O) groups excluding carboxylic acids is 1. The highest BCUT2D eigenvalue weighted by Gasteiger charge is 2.42. The molecule has 33 heavy (non-hydrogen) atoms. The van der Waals surface area contributed by atoms with Gasteiger partial charge in [0.15, 0.2) is 17.3 Å². The largest absolute Gasteiger partial charge is 0.490 e. The Kier molecular flexibility index (Phi) is 4.95. The number of allylic oxidation sites excluding steroid dienone is 3. The van der Waals surface area contributed by atoms with Crippen LogP contribution >= 0.6 is 15.9 Å². The average molecular weight is 506 g/mol. The van der Waals surface area contributed by atoms with E-state index in [1.54, 1.807) is 0 Å². The molecule has 0 spiro atoms. The lowest BCUT2D eigenvalue weighted by molar-refractivity contribution is -0.118. The number of rotatable bonds is 1. The van der Waals surface area contributed by atoms with Gasteiger partial charge < -0.3 is 14.4 Å². The Morgan fingerprint density at radius 3 is 2.64 bits per heavy atom. The van der Waals surface area contributed by atoms with Crippen LogP contribution in [0.2, 0.25) is 0 Å². The van der Waals surface area contributed by atoms with E-state index in [1.807, 2.05) is 6.07 Å². The molecule has 6 rings (SSSR count). The third-order valence-electron chi connectivity index (χ3n) is 7.21. The molecule has 0 bridgehead atoms. The van der Waals surface area contributed by atoms with Gasteiger partial charge in [-0.05, 0) is 59.7 Å². The molecule has 0 N–H and O–H groups in total. The van der Waals surface area contributed by atoms with Gasteiger partial charge in [0.25, 0.3) is 0 Å². The van der Waals surface area contributed by atoms with Crippen molar-refractivity contribution >= 4 is 27.4 Å². The zero-order valence-electron chi connectivity index (χ0n) is 19.1. The fourth-order valence-corrected chi connectivity index (χ4v) is 6.17. The third-order valence-corrected chi connectivity index (χ3v) is 7.70. The molecule has 0 saturated heterocycles. The van der Waals surface area contributed by atoms with Crippen LogP contribution in [0.5, 0.6) is 11.5 Å². The Morgan fingerprint density at radius 1 is 1.06 bits per heavy atom. The summed E-state index contributed by atoms with van der Waals surface area (Å²) in [6.07, 6.45) is 5.64. The Morgan fingerprint density at radius 2 is 1.85 bits per heavy atom. The molecule has 0 amide bonds. The molecular formula is C28H28BrNO3. The molecule has 0 fully saturated rings. The summed E-state index contributed by atoms with van der Waals surface area (Å²) in [6.45, 7) is 6.67. The number of fused-ring (bicyclic) bond motifs is 5. The summed E-state index contributed by atoms with van der Waals surface area (Å²) >= 11 is 3.63. The predicted octanol–water partition coefficient (Wildman–Crippen LogP) is 6.25. The normalized spacial score (nSPS) is 23.2. The van der Waals surface area contributed by atoms with Crippen LogP contribution < -0.4 is 9.47 Å². The van der Waals surface area contributed by atoms with Crippen LogP contribution in [0.15, 0.2) is 58.2 Å². The number of nitrogens with zero attached hydrogens (tertiary/aromatic N) is 1. The fourth-order valence-electron chi connectivity index (χ4n) is 5.75. The van der Waals surface area contributed by atoms with Crippen LogP contribution in [-0.2, 0) is 11.2 Å². The van der Waals surface area contributed by atoms with Gasteiger partial charge in [0.05, 0.1) is 13.2 Å². The van der Waals surface area contributed by atoms with E-state index in [9.17, 15) is 4.79 Å². The summed E-state index contributed by atoms with van der Waals surface area (Å²) in [5.41, 5.74) is 6.99. The van der Waals surface area contributed by atoms with Crippen molar-refractivity contribution in [2.45, 2.75) is 45.4 Å². The Bertz CT molecular complexity index is 1230. The molecule has 1 unspecified atom stereocenters. The maximum absolute atomic E-state index is 13.5. The number of hydrogen-bond donors (Lipinski definition) is 0. The standard InChI is InChI=1S/C28H28BrNO3/c1-28(2)15-23-27(24(31)16-28)21(17-5-3-6-19(29)11-17)13-22-20-14-26-25(32-9-4-10-33-26)12-18(20)7-8-30(22)23/h3,5-6,11-14,21H,4,7-10,15-16H2,1-2H3. The van der Waals surface area contributed by atoms with Crippen molar-refractivity contribution in [2.24, 2.45) is 5.41 Å². The third kappa shape index (κ3) is 3.61. The molecule has 3 aliphatic heterocycles. The number of benzene rings is 2. The SMILES string of the molecule is CC1(C)CC(=O)C2=C(C1)N1CCc3cc4c(cc3C1=CC2c1cccc(Br)c1)OCCCO4. The molecule has 0 saturated carbocycles. The first-order chi connectivity index (χ1) is 15.9. The van der Waals surface area contributed by atoms with Crippen LogP contribution in [0.25, 0.3) is 5.70 Å². The molecule has 170 valence electrons. The van der Waals surface area contributed by atoms with E-state index in [0.29, 0.717) is 19.6 Å². The summed E-state index contributed by atoms with van der Waals surface area (Å²) in [7, 11) is 0. The maximum Gasteiger partial charge on any atom is 0.162 e. The summed E-state index contributed by atoms with van der Waals surface area (Å²) in [5, 5.41) is 0. The first-order valence-corrected chi connectivity index (χ1v) is 12.6. The minimum Gasteiger partial charge on any atom is -0.490 e. The van der Waals surface area contributed by atoms with Gasteiger partial charge >= 0.3 is 0 Å². The second-order valence-electron chi connectivity index (χ2n) is 10.3. The van der Waals surface area contributed by atoms with Crippen molar-refractivity contribution in [1.29, 1.82) is 0 Å². The van der Waals surface area contributed by atoms with Crippen LogP contribution in [-0.4, -0.2) is 30.4 Å². The topological polar surface area (TPSA) is 38.8 Å². The highest BCUT2D eigenvalue weighted by Crippen LogP contribution is 2.51. The van der Waals surface area contributed by atoms with Gasteiger partial charge in [0.1, 0.15) is 0 Å². The first-order valence-electron chi connectivity index (χ1n) is 11.8. The van der Waals surface area contributed by atoms with E-state index in [2.05, 4.69) is 71.1 Å². The van der Waals surface area contributed by atoms with E-state index in [4.69, 9.17) is 9.47 Å². The monoisotopic (exact) mass is 505 g/mol. The Balaban J connectivity index is 1.53. The zero-order chi connectivity index (χ0) is 22.7. The molecule has 2 aromatic rings. The second-order valence-corrected chi connectivity index (χ2v) is 11.2. The van der Waals surface area contributed by atoms with Gasteiger partial charge in [-0.2, -0.15) is 0 Å². The van der Waals surface area contributed by atoms with Gasteiger partial charge in [-0.1, -0.05) is 41.9 Å². The van der Waals surface area contributed by atoms with Crippen molar-refractivity contribution in [3.8, 4) is 11.5 Å². The van der Waals surface area contributed by atoms with Gasteiger partial charge in [0, 0.05) is 52.3 Å². The van der Waals surface area contributed by atoms with Crippen molar-refractivity contribution in [3.63, 3.8) is 0 Å². The minimum absolute atomic E-state index is 0.0365. The van der Waals surface area contributed by atoms with Gasteiger partial charge in [-0.15, -0.1) is 0 Å². The number of halogens is 1. The number of ketones is 1. The molecule has 5 heteroatoms. The molecule has 1 aliphatic carbocycles. The highest BCUT2D eigenvalue weighted by atomic mass is 79.9. The quantitative estimate of drug-likeness (QED) is 0.459. The van der Waals surface area contributed by atoms with E-state index < -0.39 is 0 Å². The summed E-state index contributed by atoms with van der Waals surface area (Å²) < 4.78 is 13.0. The van der Waals surface area contributed by atoms with E-state index in [1.165, 1.54) is 22.5 Å². The molecule has 4 aliphatic rings. The molecule has 3 heterocycles. The van der Waals surface area contributed by atoms with Crippen molar-refractivity contribution in [3.05, 3.63) is 74.9 Å². The van der Waals surface area contributed by atoms with Crippen LogP contribution in [0, 0.1) is 5.41 Å². The van der Waals surface area contributed by atoms with E-state index in [0.717, 1.165) is 52.9 Å². The second kappa shape index (κ2) is 7.76. The summed E-state index contributed by atoms with van der Waals surface area (Å²) in [6, 6.07) is 12.7. The number of ether oxygens (including phenoxy) is 2. The lowest BCUT2D eigenvalue weighted by atomic mass is 9.69. The lowest BCUT2D eigenvalue weighted by Crippen LogP contribution is -2.40. The number of hydrogen-bond acceptors (Lipinski definition) is 4. The predicted molar refractivity (Wildman–Crippen MR) is 132 cm³/mol. The molecule has 4 nitrogen and oxygen atoms in total. The van der Waals surface area contributed by atoms with Crippen molar-refractivity contribution in [1.82, 2.24) is 4.90 Å². The molecule has 2 aromatic carbocycles. The zero-order valence-corrected chi connectivity index (χ0v) is 20.7. The minimum atomic E-state index is -0.0470. The highest BCUT2D eigenvalue weighted by molar-refractivity contribution is 9.10. The fraction of sp³-hybridized carbons (Fsp3) is 0.393. The molecule has 0 aromatic heterocycles. The first kappa shape index (κ1) is 21.0. The number of Topliss-reactive ketones (excluding diaryl/α,β-unsaturated/α-hetero) is 1. The average Bonchev–Trinajstić information content (AvgIpc) is 3.01. The maximum atomic E-state index is 13.5. The molecule has 0 radical (unpaired) electrons. The van der Waals surface area contributed by atoms with Gasteiger partial charge in [-0.25, -0.2) is 0 Å². The van der Waals surface area contributed by atoms with Crippen LogP contribution in [0.1, 0.15) is 55.7 Å². The van der Waals surface area contributed by atoms with Gasteiger partial charge in [0.2, 0.25) is 0 Å². The van der Waals surface area contributed by atoms with Crippen LogP contribution in [0.4, 0.5) is 0 Å². The van der Waals surface area contributed by atoms with Crippen molar-refractivity contribution < 1.29 is 14.3 Å². The lowest BCUT2D eigenvalue weighted by Gasteiger charge is -2.46. The summed E-state index contributed by atoms with van der Waals surface area (Å²) in [4.78, 5) is 15.9. The Hall–Kier alpha value is -2.53. The van der Waals surface area contributed by atoms with Gasteiger partial charge in [-0.3, -0.25) is 4.79 Å². The molecular weight excluding hydrogens is 478 g/mol. The van der Waals surface area contributed by atoms with Crippen molar-refractivity contribution in [2.75, 3.05) is 19.8 Å². The van der Waals surface area contributed by atoms with Crippen LogP contribution in [0.3, 0.4) is 0 Å². The number of carbonyl (C=O) groups is 1. The molecule has 1 atom stereocenters. The Labute approximate surface area is 203 Å². The van der Waals surface area contributed by atoms with E-state index >= 15 is 0 Å².